The molecule has 0 bridgehead atoms. The van der Waals surface area contributed by atoms with Gasteiger partial charge < -0.3 is 20.1 Å². The number of carbonyl (C=O) groups excluding carboxylic acids is 1. The molecule has 0 fully saturated rings. The first-order valence-corrected chi connectivity index (χ1v) is 8.55. The van der Waals surface area contributed by atoms with Crippen LogP contribution in [-0.4, -0.2) is 39.8 Å². The number of hydrogen-bond acceptors (Lipinski definition) is 4. The van der Waals surface area contributed by atoms with Gasteiger partial charge in [0.05, 0.1) is 20.8 Å². The van der Waals surface area contributed by atoms with Gasteiger partial charge in [-0.1, -0.05) is 18.2 Å². The Hall–Kier alpha value is -2.60. The van der Waals surface area contributed by atoms with Gasteiger partial charge in [-0.15, -0.1) is 0 Å². The Kier molecular flexibility index (Phi) is 7.89. The molecule has 2 rings (SSSR count). The summed E-state index contributed by atoms with van der Waals surface area (Å²) in [5.74, 6) is 1.07. The van der Waals surface area contributed by atoms with Gasteiger partial charge >= 0.3 is 0 Å². The van der Waals surface area contributed by atoms with Crippen LogP contribution in [0.15, 0.2) is 42.5 Å². The van der Waals surface area contributed by atoms with Gasteiger partial charge in [-0.3, -0.25) is 4.79 Å². The van der Waals surface area contributed by atoms with E-state index in [2.05, 4.69) is 10.6 Å². The lowest BCUT2D eigenvalue weighted by atomic mass is 10.1. The van der Waals surface area contributed by atoms with Crippen LogP contribution in [0, 0.1) is 5.82 Å². The predicted molar refractivity (Wildman–Crippen MR) is 99.2 cm³/mol. The molecule has 0 aliphatic carbocycles. The summed E-state index contributed by atoms with van der Waals surface area (Å²) in [5.41, 5.74) is 2.10. The van der Waals surface area contributed by atoms with Crippen molar-refractivity contribution in [3.8, 4) is 11.5 Å². The fraction of sp³-hybridized carbons (Fsp3) is 0.350. The SMILES string of the molecule is COc1ccc(CCNC(=O)CNCCc2ccc(F)cc2)cc1OC. The van der Waals surface area contributed by atoms with Gasteiger partial charge in [-0.05, 0) is 54.8 Å². The van der Waals surface area contributed by atoms with E-state index >= 15 is 0 Å². The highest BCUT2D eigenvalue weighted by Crippen LogP contribution is 2.27. The summed E-state index contributed by atoms with van der Waals surface area (Å²) in [4.78, 5) is 11.8. The highest BCUT2D eigenvalue weighted by molar-refractivity contribution is 5.77. The molecular formula is C20H25FN2O3. The first-order valence-electron chi connectivity index (χ1n) is 8.55. The fourth-order valence-electron chi connectivity index (χ4n) is 2.53. The summed E-state index contributed by atoms with van der Waals surface area (Å²) in [6, 6.07) is 12.1. The Balaban J connectivity index is 1.63. The summed E-state index contributed by atoms with van der Waals surface area (Å²) in [5, 5.41) is 5.97. The molecule has 0 radical (unpaired) electrons. The molecule has 2 N–H and O–H groups in total. The monoisotopic (exact) mass is 360 g/mol. The second kappa shape index (κ2) is 10.4. The van der Waals surface area contributed by atoms with E-state index in [0.29, 0.717) is 31.0 Å². The Morgan fingerprint density at radius 2 is 1.58 bits per heavy atom. The van der Waals surface area contributed by atoms with Crippen molar-refractivity contribution in [2.45, 2.75) is 12.8 Å². The van der Waals surface area contributed by atoms with Crippen molar-refractivity contribution in [1.82, 2.24) is 10.6 Å². The van der Waals surface area contributed by atoms with Gasteiger partial charge in [-0.25, -0.2) is 4.39 Å². The lowest BCUT2D eigenvalue weighted by Gasteiger charge is -2.10. The zero-order valence-corrected chi connectivity index (χ0v) is 15.2. The highest BCUT2D eigenvalue weighted by atomic mass is 19.1. The smallest absolute Gasteiger partial charge is 0.233 e. The number of hydrogen-bond donors (Lipinski definition) is 2. The standard InChI is InChI=1S/C20H25FN2O3/c1-25-18-8-5-16(13-19(18)26-2)10-12-23-20(24)14-22-11-9-15-3-6-17(21)7-4-15/h3-8,13,22H,9-12,14H2,1-2H3,(H,23,24). The van der Waals surface area contributed by atoms with Crippen LogP contribution in [0.1, 0.15) is 11.1 Å². The van der Waals surface area contributed by atoms with Crippen molar-refractivity contribution < 1.29 is 18.7 Å². The second-order valence-corrected chi connectivity index (χ2v) is 5.84. The normalized spacial score (nSPS) is 10.4. The van der Waals surface area contributed by atoms with Crippen molar-refractivity contribution in [2.75, 3.05) is 33.9 Å². The first-order chi connectivity index (χ1) is 12.6. The van der Waals surface area contributed by atoms with E-state index in [1.165, 1.54) is 12.1 Å². The molecule has 140 valence electrons. The highest BCUT2D eigenvalue weighted by Gasteiger charge is 2.05. The topological polar surface area (TPSA) is 59.6 Å². The zero-order valence-electron chi connectivity index (χ0n) is 15.2. The average Bonchev–Trinajstić information content (AvgIpc) is 2.66. The lowest BCUT2D eigenvalue weighted by molar-refractivity contribution is -0.120. The van der Waals surface area contributed by atoms with Crippen molar-refractivity contribution in [3.05, 3.63) is 59.4 Å². The van der Waals surface area contributed by atoms with E-state index in [-0.39, 0.29) is 18.3 Å². The van der Waals surface area contributed by atoms with Crippen LogP contribution in [0.25, 0.3) is 0 Å². The van der Waals surface area contributed by atoms with Gasteiger partial charge in [-0.2, -0.15) is 0 Å². The molecule has 0 atom stereocenters. The van der Waals surface area contributed by atoms with E-state index in [1.54, 1.807) is 26.4 Å². The van der Waals surface area contributed by atoms with E-state index < -0.39 is 0 Å². The van der Waals surface area contributed by atoms with E-state index in [4.69, 9.17) is 9.47 Å². The quantitative estimate of drug-likeness (QED) is 0.639. The van der Waals surface area contributed by atoms with Gasteiger partial charge in [0, 0.05) is 6.54 Å². The third kappa shape index (κ3) is 6.37. The molecule has 0 aromatic heterocycles. The van der Waals surface area contributed by atoms with Crippen molar-refractivity contribution in [1.29, 1.82) is 0 Å². The number of ether oxygens (including phenoxy) is 2. The third-order valence-corrected chi connectivity index (χ3v) is 3.97. The fourth-order valence-corrected chi connectivity index (χ4v) is 2.53. The van der Waals surface area contributed by atoms with E-state index in [1.807, 2.05) is 18.2 Å². The summed E-state index contributed by atoms with van der Waals surface area (Å²) < 4.78 is 23.3. The van der Waals surface area contributed by atoms with Crippen LogP contribution >= 0.6 is 0 Å². The Morgan fingerprint density at radius 3 is 2.27 bits per heavy atom. The molecule has 26 heavy (non-hydrogen) atoms. The Labute approximate surface area is 153 Å². The number of benzene rings is 2. The minimum Gasteiger partial charge on any atom is -0.493 e. The Bertz CT molecular complexity index is 705. The molecule has 0 unspecified atom stereocenters. The molecule has 0 aliphatic heterocycles. The summed E-state index contributed by atoms with van der Waals surface area (Å²) in [6.45, 7) is 1.47. The van der Waals surface area contributed by atoms with E-state index in [0.717, 1.165) is 17.5 Å². The number of carbonyl (C=O) groups is 1. The van der Waals surface area contributed by atoms with Gasteiger partial charge in [0.15, 0.2) is 11.5 Å². The van der Waals surface area contributed by atoms with Crippen LogP contribution in [0.4, 0.5) is 4.39 Å². The molecule has 2 aromatic carbocycles. The minimum atomic E-state index is -0.240. The summed E-state index contributed by atoms with van der Waals surface area (Å²) >= 11 is 0. The summed E-state index contributed by atoms with van der Waals surface area (Å²) in [6.07, 6.45) is 1.46. The molecule has 6 heteroatoms. The molecule has 0 heterocycles. The molecule has 0 aliphatic rings. The maximum Gasteiger partial charge on any atom is 0.233 e. The zero-order chi connectivity index (χ0) is 18.8. The maximum atomic E-state index is 12.8. The molecule has 0 saturated carbocycles. The van der Waals surface area contributed by atoms with Crippen LogP contribution in [0.3, 0.4) is 0 Å². The van der Waals surface area contributed by atoms with Gasteiger partial charge in [0.2, 0.25) is 5.91 Å². The molecule has 5 nitrogen and oxygen atoms in total. The first kappa shape index (κ1) is 19.7. The third-order valence-electron chi connectivity index (χ3n) is 3.97. The van der Waals surface area contributed by atoms with Crippen molar-refractivity contribution in [3.63, 3.8) is 0 Å². The van der Waals surface area contributed by atoms with Crippen LogP contribution in [-0.2, 0) is 17.6 Å². The predicted octanol–water partition coefficient (Wildman–Crippen LogP) is 2.33. The molecule has 2 aromatic rings. The maximum absolute atomic E-state index is 12.8. The molecular weight excluding hydrogens is 335 g/mol. The van der Waals surface area contributed by atoms with Gasteiger partial charge in [0.1, 0.15) is 5.82 Å². The summed E-state index contributed by atoms with van der Waals surface area (Å²) in [7, 11) is 3.20. The van der Waals surface area contributed by atoms with Crippen LogP contribution < -0.4 is 20.1 Å². The number of amides is 1. The second-order valence-electron chi connectivity index (χ2n) is 5.84. The van der Waals surface area contributed by atoms with Crippen molar-refractivity contribution >= 4 is 5.91 Å². The molecule has 0 spiro atoms. The number of methoxy groups -OCH3 is 2. The van der Waals surface area contributed by atoms with Crippen LogP contribution in [0.2, 0.25) is 0 Å². The van der Waals surface area contributed by atoms with Crippen LogP contribution in [0.5, 0.6) is 11.5 Å². The number of halogens is 1. The lowest BCUT2D eigenvalue weighted by Crippen LogP contribution is -2.35. The number of nitrogens with one attached hydrogen (secondary N) is 2. The minimum absolute atomic E-state index is 0.0513. The van der Waals surface area contributed by atoms with Crippen molar-refractivity contribution in [2.24, 2.45) is 0 Å². The molecule has 0 saturated heterocycles. The van der Waals surface area contributed by atoms with E-state index in [9.17, 15) is 9.18 Å². The average molecular weight is 360 g/mol. The van der Waals surface area contributed by atoms with Gasteiger partial charge in [0.25, 0.3) is 0 Å². The Morgan fingerprint density at radius 1 is 0.923 bits per heavy atom. The number of rotatable bonds is 10. The molecule has 1 amide bonds. The largest absolute Gasteiger partial charge is 0.493 e.